The molecule has 0 radical (unpaired) electrons. The van der Waals surface area contributed by atoms with E-state index in [9.17, 15) is 18.8 Å². The van der Waals surface area contributed by atoms with E-state index in [-0.39, 0.29) is 47.6 Å². The van der Waals surface area contributed by atoms with E-state index in [1.54, 1.807) is 18.2 Å². The Morgan fingerprint density at radius 1 is 1.22 bits per heavy atom. The number of carbonyl (C=O) groups excluding carboxylic acids is 3. The maximum Gasteiger partial charge on any atom is 0.269 e. The zero-order valence-electron chi connectivity index (χ0n) is 24.7. The number of nitrogens with two attached hydrogens (primary N) is 1. The summed E-state index contributed by atoms with van der Waals surface area (Å²) < 4.78 is 22.1. The van der Waals surface area contributed by atoms with Gasteiger partial charge in [0.05, 0.1) is 29.7 Å². The fraction of sp³-hybridized carbons (Fsp3) is 0.448. The van der Waals surface area contributed by atoms with E-state index in [0.29, 0.717) is 10.9 Å². The smallest absolute Gasteiger partial charge is 0.269 e. The summed E-state index contributed by atoms with van der Waals surface area (Å²) in [5, 5.41) is 7.46. The van der Waals surface area contributed by atoms with E-state index in [1.165, 1.54) is 21.7 Å². The molecule has 0 aliphatic rings. The fourth-order valence-electron chi connectivity index (χ4n) is 4.03. The van der Waals surface area contributed by atoms with Crippen molar-refractivity contribution in [1.82, 2.24) is 20.0 Å². The number of nitrogens with zero attached hydrogens (tertiary/aromatic N) is 3. The lowest BCUT2D eigenvalue weighted by atomic mass is 10.1. The SMILES string of the molecule is Cc1ccc2c(c1)c(C(N)=O)nn2CC(=O)N(CC(=O)NCc1cccc(Cl)c1F)[C@H](C)CO[Si](C)(C)C(C)(C)C. The Hall–Kier alpha value is -3.28. The van der Waals surface area contributed by atoms with Crippen LogP contribution in [0.2, 0.25) is 23.2 Å². The van der Waals surface area contributed by atoms with Crippen LogP contribution >= 0.6 is 11.6 Å². The van der Waals surface area contributed by atoms with Gasteiger partial charge in [0.1, 0.15) is 12.4 Å². The van der Waals surface area contributed by atoms with E-state index in [0.717, 1.165) is 5.56 Å². The van der Waals surface area contributed by atoms with E-state index in [2.05, 4.69) is 44.3 Å². The number of aromatic nitrogens is 2. The van der Waals surface area contributed by atoms with Gasteiger partial charge in [-0.2, -0.15) is 5.10 Å². The minimum absolute atomic E-state index is 0.0399. The largest absolute Gasteiger partial charge is 0.415 e. The van der Waals surface area contributed by atoms with Crippen molar-refractivity contribution in [2.45, 2.75) is 71.9 Å². The van der Waals surface area contributed by atoms with E-state index >= 15 is 0 Å². The Balaban J connectivity index is 1.85. The fourth-order valence-corrected chi connectivity index (χ4v) is 5.31. The summed E-state index contributed by atoms with van der Waals surface area (Å²) in [6, 6.07) is 9.50. The quantitative estimate of drug-likeness (QED) is 0.305. The van der Waals surface area contributed by atoms with Crippen LogP contribution in [0.25, 0.3) is 10.9 Å². The summed E-state index contributed by atoms with van der Waals surface area (Å²) in [7, 11) is -2.15. The molecule has 2 aromatic carbocycles. The first-order valence-electron chi connectivity index (χ1n) is 13.4. The van der Waals surface area contributed by atoms with E-state index in [4.69, 9.17) is 21.8 Å². The van der Waals surface area contributed by atoms with Gasteiger partial charge in [0.15, 0.2) is 14.0 Å². The molecule has 41 heavy (non-hydrogen) atoms. The van der Waals surface area contributed by atoms with Gasteiger partial charge in [-0.1, -0.05) is 56.1 Å². The number of halogens is 2. The molecule has 0 fully saturated rings. The molecule has 0 saturated carbocycles. The first-order chi connectivity index (χ1) is 19.0. The number of hydrogen-bond donors (Lipinski definition) is 2. The molecule has 3 aromatic rings. The average molecular weight is 604 g/mol. The van der Waals surface area contributed by atoms with Crippen LogP contribution in [0.1, 0.15) is 49.3 Å². The number of amides is 3. The lowest BCUT2D eigenvalue weighted by molar-refractivity contribution is -0.139. The third-order valence-corrected chi connectivity index (χ3v) is 12.4. The second kappa shape index (κ2) is 12.7. The van der Waals surface area contributed by atoms with Crippen molar-refractivity contribution in [3.8, 4) is 0 Å². The van der Waals surface area contributed by atoms with Crippen LogP contribution in [-0.4, -0.2) is 59.9 Å². The van der Waals surface area contributed by atoms with Crippen LogP contribution in [0.4, 0.5) is 4.39 Å². The first kappa shape index (κ1) is 32.2. The number of nitrogens with one attached hydrogen (secondary N) is 1. The molecule has 0 spiro atoms. The minimum atomic E-state index is -2.15. The predicted molar refractivity (Wildman–Crippen MR) is 161 cm³/mol. The summed E-state index contributed by atoms with van der Waals surface area (Å²) in [4.78, 5) is 40.2. The molecular formula is C29H39ClFN5O4Si. The van der Waals surface area contributed by atoms with E-state index < -0.39 is 37.9 Å². The third kappa shape index (κ3) is 7.72. The number of rotatable bonds is 11. The van der Waals surface area contributed by atoms with Crippen LogP contribution in [0.15, 0.2) is 36.4 Å². The average Bonchev–Trinajstić information content (AvgIpc) is 3.23. The van der Waals surface area contributed by atoms with Crippen molar-refractivity contribution in [1.29, 1.82) is 0 Å². The van der Waals surface area contributed by atoms with Crippen molar-refractivity contribution in [3.05, 3.63) is 64.1 Å². The highest BCUT2D eigenvalue weighted by Gasteiger charge is 2.38. The zero-order chi connectivity index (χ0) is 30.7. The molecule has 0 saturated heterocycles. The second-order valence-electron chi connectivity index (χ2n) is 11.8. The molecule has 3 N–H and O–H groups in total. The molecule has 3 rings (SSSR count). The van der Waals surface area contributed by atoms with Gasteiger partial charge >= 0.3 is 0 Å². The molecule has 1 heterocycles. The number of fused-ring (bicyclic) bond motifs is 1. The molecule has 3 amide bonds. The van der Waals surface area contributed by atoms with E-state index in [1.807, 2.05) is 19.9 Å². The van der Waals surface area contributed by atoms with Crippen LogP contribution in [0, 0.1) is 12.7 Å². The third-order valence-electron chi connectivity index (χ3n) is 7.59. The van der Waals surface area contributed by atoms with Gasteiger partial charge in [0.2, 0.25) is 11.8 Å². The monoisotopic (exact) mass is 603 g/mol. The molecular weight excluding hydrogens is 565 g/mol. The second-order valence-corrected chi connectivity index (χ2v) is 17.0. The van der Waals surface area contributed by atoms with Crippen LogP contribution in [0.3, 0.4) is 0 Å². The van der Waals surface area contributed by atoms with Crippen molar-refractivity contribution in [2.75, 3.05) is 13.2 Å². The molecule has 0 aliphatic heterocycles. The Labute approximate surface area is 246 Å². The summed E-state index contributed by atoms with van der Waals surface area (Å²) in [5.41, 5.74) is 7.34. The number of carbonyl (C=O) groups is 3. The van der Waals surface area contributed by atoms with Gasteiger partial charge in [-0.3, -0.25) is 19.1 Å². The minimum Gasteiger partial charge on any atom is -0.415 e. The van der Waals surface area contributed by atoms with Gasteiger partial charge in [-0.15, -0.1) is 0 Å². The van der Waals surface area contributed by atoms with Crippen molar-refractivity contribution in [3.63, 3.8) is 0 Å². The standard InChI is InChI=1S/C29H39ClFN5O4Si/c1-18-11-12-23-21(13-18)27(28(32)39)34-36(23)16-25(38)35(19(2)17-40-41(6,7)29(3,4)5)15-24(37)33-14-20-9-8-10-22(30)26(20)31/h8-13,19H,14-17H2,1-7H3,(H2,32,39)(H,33,37)/t19-/m1/s1. The molecule has 0 bridgehead atoms. The Bertz CT molecular complexity index is 1450. The molecule has 0 unspecified atom stereocenters. The van der Waals surface area contributed by atoms with Crippen molar-refractivity contribution in [2.24, 2.45) is 5.73 Å². The zero-order valence-corrected chi connectivity index (χ0v) is 26.4. The lowest BCUT2D eigenvalue weighted by Gasteiger charge is -2.38. The van der Waals surface area contributed by atoms with Gasteiger partial charge in [0.25, 0.3) is 5.91 Å². The summed E-state index contributed by atoms with van der Waals surface area (Å²) in [6.07, 6.45) is 0. The van der Waals surface area contributed by atoms with Gasteiger partial charge in [-0.25, -0.2) is 4.39 Å². The maximum atomic E-state index is 14.3. The maximum absolute atomic E-state index is 14.3. The Kier molecular flexibility index (Phi) is 9.99. The number of benzene rings is 2. The molecule has 12 heteroatoms. The number of aryl methyl sites for hydroxylation is 1. The molecule has 9 nitrogen and oxygen atoms in total. The lowest BCUT2D eigenvalue weighted by Crippen LogP contribution is -2.50. The highest BCUT2D eigenvalue weighted by atomic mass is 35.5. The first-order valence-corrected chi connectivity index (χ1v) is 16.7. The Morgan fingerprint density at radius 3 is 2.54 bits per heavy atom. The van der Waals surface area contributed by atoms with Gasteiger partial charge in [0, 0.05) is 17.5 Å². The van der Waals surface area contributed by atoms with Crippen LogP contribution in [-0.2, 0) is 27.1 Å². The van der Waals surface area contributed by atoms with Crippen LogP contribution in [0.5, 0.6) is 0 Å². The number of hydrogen-bond acceptors (Lipinski definition) is 5. The number of primary amides is 1. The molecule has 1 aromatic heterocycles. The van der Waals surface area contributed by atoms with Crippen LogP contribution < -0.4 is 11.1 Å². The highest BCUT2D eigenvalue weighted by molar-refractivity contribution is 6.74. The summed E-state index contributed by atoms with van der Waals surface area (Å²) in [5.74, 6) is -2.19. The summed E-state index contributed by atoms with van der Waals surface area (Å²) >= 11 is 5.86. The summed E-state index contributed by atoms with van der Waals surface area (Å²) in [6.45, 7) is 13.9. The molecule has 222 valence electrons. The highest BCUT2D eigenvalue weighted by Crippen LogP contribution is 2.36. The molecule has 1 atom stereocenters. The van der Waals surface area contributed by atoms with Gasteiger partial charge in [-0.05, 0) is 50.2 Å². The predicted octanol–water partition coefficient (Wildman–Crippen LogP) is 4.79. The van der Waals surface area contributed by atoms with Crippen molar-refractivity contribution < 1.29 is 23.2 Å². The topological polar surface area (TPSA) is 120 Å². The Morgan fingerprint density at radius 2 is 1.90 bits per heavy atom. The molecule has 0 aliphatic carbocycles. The van der Waals surface area contributed by atoms with Gasteiger partial charge < -0.3 is 20.4 Å². The normalized spacial score (nSPS) is 12.8. The van der Waals surface area contributed by atoms with Crippen molar-refractivity contribution >= 4 is 48.5 Å².